The molecule has 23 heavy (non-hydrogen) atoms. The van der Waals surface area contributed by atoms with Gasteiger partial charge >= 0.3 is 18.7 Å². The van der Waals surface area contributed by atoms with Gasteiger partial charge in [-0.2, -0.15) is 0 Å². The van der Waals surface area contributed by atoms with Crippen molar-refractivity contribution in [2.45, 2.75) is 26.2 Å². The van der Waals surface area contributed by atoms with Gasteiger partial charge in [0.15, 0.2) is 0 Å². The third-order valence-corrected chi connectivity index (χ3v) is 5.33. The third-order valence-electron chi connectivity index (χ3n) is 3.37. The Morgan fingerprint density at radius 3 is 2.39 bits per heavy atom. The number of halogens is 1. The highest BCUT2D eigenvalue weighted by Gasteiger charge is 2.31. The van der Waals surface area contributed by atoms with E-state index in [0.29, 0.717) is 21.1 Å². The van der Waals surface area contributed by atoms with Gasteiger partial charge in [-0.1, -0.05) is 29.8 Å². The molecule has 8 nitrogen and oxygen atoms in total. The van der Waals surface area contributed by atoms with Crippen molar-refractivity contribution < 1.29 is 14.4 Å². The molecule has 1 aromatic carbocycles. The van der Waals surface area contributed by atoms with E-state index < -0.39 is 24.5 Å². The molecule has 1 heterocycles. The molecule has 0 spiro atoms. The Bertz CT molecular complexity index is 885. The standard InChI is InChI=1S/C13H17BrN3O5P/c1-6(2)13(23(20,21)22)15-5-7-3-8(14)4-9-10(7)17-12(19)11(18)16-9/h3-4,6,13,15H,5H2,1-2H3,(H,16,18)(H,17,19)(H2,20,21,22). The van der Waals surface area contributed by atoms with Gasteiger partial charge in [-0.25, -0.2) is 0 Å². The fourth-order valence-electron chi connectivity index (χ4n) is 2.36. The lowest BCUT2D eigenvalue weighted by Gasteiger charge is -2.23. The molecule has 1 atom stereocenters. The van der Waals surface area contributed by atoms with Crippen molar-refractivity contribution >= 4 is 34.6 Å². The zero-order valence-electron chi connectivity index (χ0n) is 12.5. The van der Waals surface area contributed by atoms with Crippen LogP contribution in [0.15, 0.2) is 26.2 Å². The summed E-state index contributed by atoms with van der Waals surface area (Å²) in [7, 11) is -4.31. The highest BCUT2D eigenvalue weighted by molar-refractivity contribution is 9.10. The summed E-state index contributed by atoms with van der Waals surface area (Å²) in [5.41, 5.74) is -0.0975. The molecular formula is C13H17BrN3O5P. The minimum Gasteiger partial charge on any atom is -0.323 e. The number of H-pyrrole nitrogens is 2. The largest absolute Gasteiger partial charge is 0.342 e. The molecule has 0 aliphatic rings. The fraction of sp³-hybridized carbons (Fsp3) is 0.385. The molecule has 0 bridgehead atoms. The zero-order valence-corrected chi connectivity index (χ0v) is 14.9. The molecule has 0 fully saturated rings. The SMILES string of the molecule is CC(C)C(NCc1cc(Br)cc2[nH]c(=O)c(=O)[nH]c12)P(=O)(O)O. The summed E-state index contributed by atoms with van der Waals surface area (Å²) in [4.78, 5) is 46.7. The average Bonchev–Trinajstić information content (AvgIpc) is 2.39. The molecule has 1 unspecified atom stereocenters. The first kappa shape index (κ1) is 18.1. The Kier molecular flexibility index (Phi) is 5.27. The van der Waals surface area contributed by atoms with Crippen molar-refractivity contribution in [1.82, 2.24) is 15.3 Å². The monoisotopic (exact) mass is 405 g/mol. The average molecular weight is 406 g/mol. The second kappa shape index (κ2) is 6.70. The van der Waals surface area contributed by atoms with Gasteiger partial charge in [0.25, 0.3) is 0 Å². The van der Waals surface area contributed by atoms with Crippen molar-refractivity contribution in [1.29, 1.82) is 0 Å². The number of hydrogen-bond acceptors (Lipinski definition) is 4. The van der Waals surface area contributed by atoms with Crippen LogP contribution in [0.25, 0.3) is 11.0 Å². The van der Waals surface area contributed by atoms with Gasteiger partial charge in [-0.05, 0) is 23.6 Å². The third kappa shape index (κ3) is 4.19. The molecule has 0 aliphatic heterocycles. The van der Waals surface area contributed by atoms with E-state index in [1.54, 1.807) is 26.0 Å². The molecule has 2 aromatic rings. The minimum absolute atomic E-state index is 0.117. The summed E-state index contributed by atoms with van der Waals surface area (Å²) in [5, 5.41) is 2.83. The van der Waals surface area contributed by atoms with Gasteiger partial charge in [-0.15, -0.1) is 0 Å². The van der Waals surface area contributed by atoms with Crippen molar-refractivity contribution in [3.05, 3.63) is 42.9 Å². The van der Waals surface area contributed by atoms with E-state index in [0.717, 1.165) is 0 Å². The Morgan fingerprint density at radius 2 is 1.83 bits per heavy atom. The van der Waals surface area contributed by atoms with E-state index >= 15 is 0 Å². The number of aromatic nitrogens is 2. The summed E-state index contributed by atoms with van der Waals surface area (Å²) in [6.45, 7) is 3.52. The van der Waals surface area contributed by atoms with Gasteiger partial charge in [-0.3, -0.25) is 19.5 Å². The van der Waals surface area contributed by atoms with Gasteiger partial charge in [0.05, 0.1) is 11.0 Å². The van der Waals surface area contributed by atoms with E-state index in [4.69, 9.17) is 0 Å². The van der Waals surface area contributed by atoms with E-state index in [1.807, 2.05) is 0 Å². The van der Waals surface area contributed by atoms with Gasteiger partial charge in [0.2, 0.25) is 0 Å². The summed E-state index contributed by atoms with van der Waals surface area (Å²) < 4.78 is 12.2. The number of hydrogen-bond donors (Lipinski definition) is 5. The maximum atomic E-state index is 11.5. The summed E-state index contributed by atoms with van der Waals surface area (Å²) >= 11 is 3.31. The first-order valence-corrected chi connectivity index (χ1v) is 9.30. The first-order valence-electron chi connectivity index (χ1n) is 6.83. The minimum atomic E-state index is -4.31. The molecule has 0 saturated heterocycles. The number of nitrogens with one attached hydrogen (secondary N) is 3. The van der Waals surface area contributed by atoms with Crippen molar-refractivity contribution in [3.63, 3.8) is 0 Å². The molecule has 0 radical (unpaired) electrons. The van der Waals surface area contributed by atoms with Crippen LogP contribution in [0.3, 0.4) is 0 Å². The van der Waals surface area contributed by atoms with Crippen LogP contribution in [-0.4, -0.2) is 25.5 Å². The second-order valence-corrected chi connectivity index (χ2v) is 8.20. The van der Waals surface area contributed by atoms with E-state index in [9.17, 15) is 23.9 Å². The summed E-state index contributed by atoms with van der Waals surface area (Å²) in [6.07, 6.45) is 0. The lowest BCUT2D eigenvalue weighted by atomic mass is 10.1. The Morgan fingerprint density at radius 1 is 1.22 bits per heavy atom. The normalized spacial score (nSPS) is 13.7. The Balaban J connectivity index is 2.44. The lowest BCUT2D eigenvalue weighted by molar-refractivity contribution is 0.324. The lowest BCUT2D eigenvalue weighted by Crippen LogP contribution is -2.34. The maximum absolute atomic E-state index is 11.5. The first-order chi connectivity index (χ1) is 10.6. The molecule has 10 heteroatoms. The van der Waals surface area contributed by atoms with Crippen LogP contribution >= 0.6 is 23.5 Å². The second-order valence-electron chi connectivity index (χ2n) is 5.55. The molecule has 126 valence electrons. The molecule has 0 amide bonds. The number of aromatic amines is 2. The summed E-state index contributed by atoms with van der Waals surface area (Å²) in [5.74, 6) is -1.29. The number of fused-ring (bicyclic) bond motifs is 1. The molecule has 1 aromatic heterocycles. The van der Waals surface area contributed by atoms with Crippen molar-refractivity contribution in [2.24, 2.45) is 5.92 Å². The predicted octanol–water partition coefficient (Wildman–Crippen LogP) is 1.23. The predicted molar refractivity (Wildman–Crippen MR) is 90.4 cm³/mol. The van der Waals surface area contributed by atoms with E-state index in [-0.39, 0.29) is 12.5 Å². The summed E-state index contributed by atoms with van der Waals surface area (Å²) in [6, 6.07) is 3.35. The van der Waals surface area contributed by atoms with Crippen LogP contribution in [0, 0.1) is 5.92 Å². The maximum Gasteiger partial charge on any atom is 0.342 e. The highest BCUT2D eigenvalue weighted by atomic mass is 79.9. The molecule has 2 rings (SSSR count). The van der Waals surface area contributed by atoms with Gasteiger partial charge in [0, 0.05) is 11.0 Å². The van der Waals surface area contributed by atoms with Crippen LogP contribution in [0.4, 0.5) is 0 Å². The molecule has 0 saturated carbocycles. The quantitative estimate of drug-likeness (QED) is 0.375. The highest BCUT2D eigenvalue weighted by Crippen LogP contribution is 2.43. The van der Waals surface area contributed by atoms with Crippen LogP contribution < -0.4 is 16.4 Å². The number of benzene rings is 1. The topological polar surface area (TPSA) is 135 Å². The smallest absolute Gasteiger partial charge is 0.323 e. The Labute approximate surface area is 139 Å². The van der Waals surface area contributed by atoms with Crippen LogP contribution in [0.5, 0.6) is 0 Å². The fourth-order valence-corrected chi connectivity index (χ4v) is 3.97. The molecule has 0 aliphatic carbocycles. The van der Waals surface area contributed by atoms with E-state index in [1.165, 1.54) is 0 Å². The Hall–Kier alpha value is -1.25. The van der Waals surface area contributed by atoms with Crippen molar-refractivity contribution in [3.8, 4) is 0 Å². The van der Waals surface area contributed by atoms with E-state index in [2.05, 4.69) is 31.2 Å². The molecule has 5 N–H and O–H groups in total. The molecular weight excluding hydrogens is 389 g/mol. The van der Waals surface area contributed by atoms with Gasteiger partial charge < -0.3 is 19.8 Å². The zero-order chi connectivity index (χ0) is 17.4. The number of rotatable bonds is 5. The van der Waals surface area contributed by atoms with Crippen LogP contribution in [-0.2, 0) is 11.1 Å². The van der Waals surface area contributed by atoms with Crippen LogP contribution in [0.2, 0.25) is 0 Å². The van der Waals surface area contributed by atoms with Gasteiger partial charge in [0.1, 0.15) is 5.78 Å². The van der Waals surface area contributed by atoms with Crippen molar-refractivity contribution in [2.75, 3.05) is 0 Å². The van der Waals surface area contributed by atoms with Crippen LogP contribution in [0.1, 0.15) is 19.4 Å².